The van der Waals surface area contributed by atoms with E-state index in [1.54, 1.807) is 11.3 Å². The van der Waals surface area contributed by atoms with Crippen LogP contribution in [-0.4, -0.2) is 17.5 Å². The van der Waals surface area contributed by atoms with E-state index >= 15 is 0 Å². The predicted octanol–water partition coefficient (Wildman–Crippen LogP) is 5.54. The third-order valence-electron chi connectivity index (χ3n) is 4.43. The number of nitrogens with one attached hydrogen (secondary N) is 1. The lowest BCUT2D eigenvalue weighted by molar-refractivity contribution is -0.118. The molecule has 0 fully saturated rings. The van der Waals surface area contributed by atoms with E-state index in [1.165, 1.54) is 5.56 Å². The lowest BCUT2D eigenvalue weighted by atomic mass is 10.2. The first-order valence-electron chi connectivity index (χ1n) is 9.19. The number of hydrogen-bond acceptors (Lipinski definition) is 4. The van der Waals surface area contributed by atoms with E-state index in [-0.39, 0.29) is 12.5 Å². The van der Waals surface area contributed by atoms with Crippen LogP contribution in [-0.2, 0) is 11.2 Å². The minimum absolute atomic E-state index is 0.0420. The minimum atomic E-state index is -0.201. The summed E-state index contributed by atoms with van der Waals surface area (Å²) < 4.78 is 6.73. The number of aromatic nitrogens is 1. The van der Waals surface area contributed by atoms with E-state index in [9.17, 15) is 4.79 Å². The standard InChI is InChI=1S/C23H20N2O2S/c1-2-16-11-13-17(14-12-16)27-15-22(26)24-19-8-4-3-7-18(19)23-25-20-9-5-6-10-21(20)28-23/h3-14H,2,15H2,1H3,(H,24,26). The summed E-state index contributed by atoms with van der Waals surface area (Å²) in [6.45, 7) is 2.06. The van der Waals surface area contributed by atoms with Crippen LogP contribution >= 0.6 is 11.3 Å². The van der Waals surface area contributed by atoms with Crippen molar-refractivity contribution in [3.8, 4) is 16.3 Å². The molecule has 0 radical (unpaired) electrons. The average molecular weight is 388 g/mol. The summed E-state index contributed by atoms with van der Waals surface area (Å²) in [6.07, 6.45) is 0.976. The lowest BCUT2D eigenvalue weighted by Gasteiger charge is -2.10. The third kappa shape index (κ3) is 4.05. The molecule has 4 nitrogen and oxygen atoms in total. The van der Waals surface area contributed by atoms with Gasteiger partial charge in [-0.05, 0) is 48.4 Å². The van der Waals surface area contributed by atoms with Gasteiger partial charge in [0, 0.05) is 5.56 Å². The Balaban J connectivity index is 1.47. The van der Waals surface area contributed by atoms with E-state index in [4.69, 9.17) is 9.72 Å². The molecule has 5 heteroatoms. The molecule has 0 atom stereocenters. The lowest BCUT2D eigenvalue weighted by Crippen LogP contribution is -2.20. The van der Waals surface area contributed by atoms with Gasteiger partial charge < -0.3 is 10.1 Å². The second kappa shape index (κ2) is 8.23. The average Bonchev–Trinajstić information content (AvgIpc) is 3.17. The van der Waals surface area contributed by atoms with Gasteiger partial charge in [0.05, 0.1) is 15.9 Å². The van der Waals surface area contributed by atoms with Gasteiger partial charge in [-0.3, -0.25) is 4.79 Å². The van der Waals surface area contributed by atoms with Crippen molar-refractivity contribution in [2.45, 2.75) is 13.3 Å². The third-order valence-corrected chi connectivity index (χ3v) is 5.50. The van der Waals surface area contributed by atoms with Crippen LogP contribution in [0.3, 0.4) is 0 Å². The van der Waals surface area contributed by atoms with Crippen molar-refractivity contribution in [2.75, 3.05) is 11.9 Å². The summed E-state index contributed by atoms with van der Waals surface area (Å²) in [7, 11) is 0. The quantitative estimate of drug-likeness (QED) is 0.472. The monoisotopic (exact) mass is 388 g/mol. The Labute approximate surface area is 167 Å². The summed E-state index contributed by atoms with van der Waals surface area (Å²) in [5, 5.41) is 3.83. The van der Waals surface area contributed by atoms with E-state index in [0.717, 1.165) is 32.9 Å². The largest absolute Gasteiger partial charge is 0.484 e. The molecule has 140 valence electrons. The fourth-order valence-corrected chi connectivity index (χ4v) is 3.93. The molecule has 0 saturated heterocycles. The molecule has 1 heterocycles. The molecular formula is C23H20N2O2S. The van der Waals surface area contributed by atoms with Gasteiger partial charge in [0.2, 0.25) is 0 Å². The van der Waals surface area contributed by atoms with Crippen LogP contribution in [0.1, 0.15) is 12.5 Å². The van der Waals surface area contributed by atoms with E-state index in [1.807, 2.05) is 66.7 Å². The van der Waals surface area contributed by atoms with Gasteiger partial charge in [-0.1, -0.05) is 43.3 Å². The Kier molecular flexibility index (Phi) is 5.35. The Morgan fingerprint density at radius 3 is 2.54 bits per heavy atom. The molecule has 1 aromatic heterocycles. The molecule has 0 spiro atoms. The smallest absolute Gasteiger partial charge is 0.262 e. The highest BCUT2D eigenvalue weighted by Crippen LogP contribution is 2.34. The molecule has 1 amide bonds. The van der Waals surface area contributed by atoms with E-state index in [2.05, 4.69) is 18.3 Å². The summed E-state index contributed by atoms with van der Waals surface area (Å²) in [4.78, 5) is 17.1. The first-order chi connectivity index (χ1) is 13.7. The van der Waals surface area contributed by atoms with Crippen molar-refractivity contribution in [3.05, 3.63) is 78.4 Å². The van der Waals surface area contributed by atoms with Crippen LogP contribution in [0.5, 0.6) is 5.75 Å². The zero-order valence-corrected chi connectivity index (χ0v) is 16.3. The first-order valence-corrected chi connectivity index (χ1v) is 10.0. The SMILES string of the molecule is CCc1ccc(OCC(=O)Nc2ccccc2-c2nc3ccccc3s2)cc1. The number of rotatable bonds is 6. The number of nitrogens with zero attached hydrogens (tertiary/aromatic N) is 1. The molecular weight excluding hydrogens is 368 g/mol. The number of para-hydroxylation sites is 2. The number of hydrogen-bond donors (Lipinski definition) is 1. The van der Waals surface area contributed by atoms with E-state index in [0.29, 0.717) is 5.75 Å². The molecule has 0 aliphatic carbocycles. The number of carbonyl (C=O) groups is 1. The van der Waals surface area contributed by atoms with Crippen LogP contribution in [0, 0.1) is 0 Å². The van der Waals surface area contributed by atoms with Gasteiger partial charge in [-0.25, -0.2) is 4.98 Å². The first kappa shape index (κ1) is 18.2. The minimum Gasteiger partial charge on any atom is -0.484 e. The Hall–Kier alpha value is -3.18. The predicted molar refractivity (Wildman–Crippen MR) is 115 cm³/mol. The highest BCUT2D eigenvalue weighted by Gasteiger charge is 2.12. The number of amides is 1. The maximum atomic E-state index is 12.4. The molecule has 4 aromatic rings. The summed E-state index contributed by atoms with van der Waals surface area (Å²) in [6, 6.07) is 23.5. The van der Waals surface area contributed by atoms with Crippen LogP contribution in [0.25, 0.3) is 20.8 Å². The van der Waals surface area contributed by atoms with Crippen LogP contribution < -0.4 is 10.1 Å². The number of fused-ring (bicyclic) bond motifs is 1. The van der Waals surface area contributed by atoms with Gasteiger partial charge in [-0.2, -0.15) is 0 Å². The zero-order chi connectivity index (χ0) is 19.3. The van der Waals surface area contributed by atoms with Crippen molar-refractivity contribution in [2.24, 2.45) is 0 Å². The second-order valence-corrected chi connectivity index (χ2v) is 7.40. The van der Waals surface area contributed by atoms with Crippen molar-refractivity contribution in [3.63, 3.8) is 0 Å². The number of anilines is 1. The maximum absolute atomic E-state index is 12.4. The molecule has 0 unspecified atom stereocenters. The molecule has 3 aromatic carbocycles. The van der Waals surface area contributed by atoms with Gasteiger partial charge in [-0.15, -0.1) is 11.3 Å². The topological polar surface area (TPSA) is 51.2 Å². The number of thiazole rings is 1. The van der Waals surface area contributed by atoms with Gasteiger partial charge >= 0.3 is 0 Å². The maximum Gasteiger partial charge on any atom is 0.262 e. The van der Waals surface area contributed by atoms with E-state index < -0.39 is 0 Å². The number of benzene rings is 3. The highest BCUT2D eigenvalue weighted by molar-refractivity contribution is 7.21. The van der Waals surface area contributed by atoms with Crippen LogP contribution in [0.2, 0.25) is 0 Å². The molecule has 28 heavy (non-hydrogen) atoms. The van der Waals surface area contributed by atoms with Crippen molar-refractivity contribution < 1.29 is 9.53 Å². The molecule has 0 aliphatic heterocycles. The summed E-state index contributed by atoms with van der Waals surface area (Å²) in [5.41, 5.74) is 3.84. The fraction of sp³-hybridized carbons (Fsp3) is 0.130. The van der Waals surface area contributed by atoms with Crippen LogP contribution in [0.15, 0.2) is 72.8 Å². The Morgan fingerprint density at radius 2 is 1.75 bits per heavy atom. The van der Waals surface area contributed by atoms with Crippen molar-refractivity contribution >= 4 is 33.1 Å². The number of carbonyl (C=O) groups excluding carboxylic acids is 1. The van der Waals surface area contributed by atoms with Crippen LogP contribution in [0.4, 0.5) is 5.69 Å². The Bertz CT molecular complexity index is 1070. The highest BCUT2D eigenvalue weighted by atomic mass is 32.1. The van der Waals surface area contributed by atoms with Gasteiger partial charge in [0.15, 0.2) is 6.61 Å². The molecule has 0 saturated carbocycles. The number of aryl methyl sites for hydroxylation is 1. The van der Waals surface area contributed by atoms with Gasteiger partial charge in [0.1, 0.15) is 10.8 Å². The molecule has 1 N–H and O–H groups in total. The number of ether oxygens (including phenoxy) is 1. The normalized spacial score (nSPS) is 10.8. The fourth-order valence-electron chi connectivity index (χ4n) is 2.92. The molecule has 0 bridgehead atoms. The summed E-state index contributed by atoms with van der Waals surface area (Å²) in [5.74, 6) is 0.486. The Morgan fingerprint density at radius 1 is 1.00 bits per heavy atom. The molecule has 4 rings (SSSR count). The summed E-state index contributed by atoms with van der Waals surface area (Å²) >= 11 is 1.61. The second-order valence-electron chi connectivity index (χ2n) is 6.37. The van der Waals surface area contributed by atoms with Crippen molar-refractivity contribution in [1.29, 1.82) is 0 Å². The zero-order valence-electron chi connectivity index (χ0n) is 15.5. The van der Waals surface area contributed by atoms with Crippen molar-refractivity contribution in [1.82, 2.24) is 4.98 Å². The van der Waals surface area contributed by atoms with Gasteiger partial charge in [0.25, 0.3) is 5.91 Å². The molecule has 0 aliphatic rings.